The Labute approximate surface area is 228 Å². The molecule has 2 aliphatic heterocycles. The summed E-state index contributed by atoms with van der Waals surface area (Å²) in [6.45, 7) is 4.30. The number of halogens is 1. The van der Waals surface area contributed by atoms with Gasteiger partial charge in [0.25, 0.3) is 11.8 Å². The number of alkyl halides is 1. The zero-order chi connectivity index (χ0) is 27.0. The van der Waals surface area contributed by atoms with Crippen molar-refractivity contribution in [1.29, 1.82) is 0 Å². The van der Waals surface area contributed by atoms with E-state index in [0.717, 1.165) is 55.7 Å². The van der Waals surface area contributed by atoms with E-state index < -0.39 is 6.67 Å². The maximum atomic E-state index is 13.6. The van der Waals surface area contributed by atoms with Crippen LogP contribution in [0.15, 0.2) is 65.2 Å². The summed E-state index contributed by atoms with van der Waals surface area (Å²) in [4.78, 5) is 19.9. The Morgan fingerprint density at radius 3 is 2.56 bits per heavy atom. The molecule has 1 amide bonds. The summed E-state index contributed by atoms with van der Waals surface area (Å²) in [5.74, 6) is 2.12. The van der Waals surface area contributed by atoms with E-state index in [-0.39, 0.29) is 28.9 Å². The summed E-state index contributed by atoms with van der Waals surface area (Å²) >= 11 is 0. The number of benzene rings is 2. The molecule has 2 aromatic carbocycles. The Bertz CT molecular complexity index is 1340. The average Bonchev–Trinajstić information content (AvgIpc) is 3.72. The van der Waals surface area contributed by atoms with Crippen LogP contribution in [0.2, 0.25) is 0 Å². The first-order chi connectivity index (χ1) is 18.9. The lowest BCUT2D eigenvalue weighted by Gasteiger charge is -2.54. The number of rotatable bonds is 10. The number of amides is 1. The van der Waals surface area contributed by atoms with Crippen LogP contribution >= 0.6 is 0 Å². The zero-order valence-corrected chi connectivity index (χ0v) is 22.3. The van der Waals surface area contributed by atoms with Crippen molar-refractivity contribution in [3.63, 3.8) is 0 Å². The van der Waals surface area contributed by atoms with Crippen LogP contribution in [0.4, 0.5) is 10.1 Å². The van der Waals surface area contributed by atoms with Gasteiger partial charge in [-0.15, -0.1) is 0 Å². The molecule has 2 saturated heterocycles. The van der Waals surface area contributed by atoms with E-state index in [9.17, 15) is 9.18 Å². The fraction of sp³-hybridized carbons (Fsp3) is 0.452. The second kappa shape index (κ2) is 10.2. The number of hydrogen-bond acceptors (Lipinski definition) is 6. The molecule has 204 valence electrons. The molecule has 2 bridgehead atoms. The number of carbonyl (C=O) groups excluding carboxylic acids is 1. The maximum Gasteiger partial charge on any atom is 0.258 e. The third-order valence-corrected chi connectivity index (χ3v) is 8.62. The van der Waals surface area contributed by atoms with Gasteiger partial charge < -0.3 is 18.9 Å². The van der Waals surface area contributed by atoms with E-state index in [1.165, 1.54) is 5.56 Å². The minimum atomic E-state index is -0.622. The molecule has 4 fully saturated rings. The van der Waals surface area contributed by atoms with E-state index in [0.29, 0.717) is 30.6 Å². The second-order valence-electron chi connectivity index (χ2n) is 11.2. The molecule has 0 spiro atoms. The molecule has 39 heavy (non-hydrogen) atoms. The summed E-state index contributed by atoms with van der Waals surface area (Å²) in [6, 6.07) is 15.7. The lowest BCUT2D eigenvalue weighted by molar-refractivity contribution is -0.186. The van der Waals surface area contributed by atoms with Crippen LogP contribution in [0.25, 0.3) is 11.5 Å². The van der Waals surface area contributed by atoms with Crippen molar-refractivity contribution in [3.05, 3.63) is 72.1 Å². The Morgan fingerprint density at radius 1 is 1.15 bits per heavy atom. The van der Waals surface area contributed by atoms with Crippen molar-refractivity contribution in [2.45, 2.75) is 56.5 Å². The van der Waals surface area contributed by atoms with Gasteiger partial charge in [0, 0.05) is 41.1 Å². The molecule has 1 aromatic heterocycles. The molecule has 7 rings (SSSR count). The van der Waals surface area contributed by atoms with Crippen LogP contribution in [0.3, 0.4) is 0 Å². The number of anilines is 1. The summed E-state index contributed by atoms with van der Waals surface area (Å²) in [7, 11) is 1.66. The van der Waals surface area contributed by atoms with Crippen molar-refractivity contribution in [2.75, 3.05) is 31.8 Å². The lowest BCUT2D eigenvalue weighted by atomic mass is 9.64. The highest BCUT2D eigenvalue weighted by Crippen LogP contribution is 2.54. The van der Waals surface area contributed by atoms with Crippen LogP contribution in [-0.4, -0.2) is 43.0 Å². The Hall–Kier alpha value is -3.52. The van der Waals surface area contributed by atoms with Gasteiger partial charge in [0.15, 0.2) is 5.82 Å². The third-order valence-electron chi connectivity index (χ3n) is 8.62. The number of aromatic nitrogens is 2. The first-order valence-electron chi connectivity index (χ1n) is 13.7. The predicted octanol–water partition coefficient (Wildman–Crippen LogP) is 6.36. The number of carbonyl (C=O) groups is 1. The molecule has 3 aromatic rings. The van der Waals surface area contributed by atoms with E-state index in [1.54, 1.807) is 12.0 Å². The van der Waals surface area contributed by atoms with E-state index in [4.69, 9.17) is 14.0 Å². The molecule has 8 heteroatoms. The van der Waals surface area contributed by atoms with Gasteiger partial charge in [-0.3, -0.25) is 9.18 Å². The van der Waals surface area contributed by atoms with Crippen LogP contribution in [-0.2, 0) is 15.1 Å². The smallest absolute Gasteiger partial charge is 0.258 e. The molecular weight excluding hydrogens is 497 g/mol. The number of hydrogen-bond donors (Lipinski definition) is 0. The van der Waals surface area contributed by atoms with E-state index in [1.807, 2.05) is 36.4 Å². The maximum absolute atomic E-state index is 13.6. The van der Waals surface area contributed by atoms with Crippen molar-refractivity contribution >= 4 is 11.6 Å². The van der Waals surface area contributed by atoms with Crippen LogP contribution < -0.4 is 9.64 Å². The molecule has 2 saturated carbocycles. The van der Waals surface area contributed by atoms with Gasteiger partial charge in [0.1, 0.15) is 5.75 Å². The van der Waals surface area contributed by atoms with Gasteiger partial charge in [-0.25, -0.2) is 0 Å². The molecule has 7 nitrogen and oxygen atoms in total. The highest BCUT2D eigenvalue weighted by Gasteiger charge is 2.51. The number of ether oxygens (including phenoxy) is 2. The largest absolute Gasteiger partial charge is 0.497 e. The normalized spacial score (nSPS) is 23.9. The van der Waals surface area contributed by atoms with Gasteiger partial charge in [0.2, 0.25) is 0 Å². The van der Waals surface area contributed by atoms with E-state index in [2.05, 4.69) is 28.9 Å². The monoisotopic (exact) mass is 531 g/mol. The zero-order valence-electron chi connectivity index (χ0n) is 22.3. The summed E-state index contributed by atoms with van der Waals surface area (Å²) in [5.41, 5.74) is 2.38. The Kier molecular flexibility index (Phi) is 6.75. The van der Waals surface area contributed by atoms with Crippen molar-refractivity contribution in [1.82, 2.24) is 10.1 Å². The summed E-state index contributed by atoms with van der Waals surface area (Å²) in [5, 5.41) is 4.14. The highest BCUT2D eigenvalue weighted by atomic mass is 19.1. The minimum Gasteiger partial charge on any atom is -0.497 e. The average molecular weight is 532 g/mol. The Balaban J connectivity index is 1.25. The van der Waals surface area contributed by atoms with Crippen molar-refractivity contribution in [2.24, 2.45) is 5.41 Å². The van der Waals surface area contributed by atoms with Crippen LogP contribution in [0.1, 0.15) is 62.3 Å². The molecular formula is C31H34FN3O4. The SMILES string of the molecule is C=C(CCF)C(=O)N(CC12CCC(c3ccc(OC)cc3)(CC1)OC2)c1cccc(-c2nc(C3CC3)no2)c1. The van der Waals surface area contributed by atoms with Crippen LogP contribution in [0.5, 0.6) is 5.75 Å². The fourth-order valence-corrected chi connectivity index (χ4v) is 5.93. The van der Waals surface area contributed by atoms with Crippen LogP contribution in [0, 0.1) is 5.41 Å². The standard InChI is InChI=1S/C31H34FN3O4/c1-21(12-17-32)29(36)35(25-5-3-4-23(18-25)28-33-27(34-39-28)22-6-7-22)19-30-13-15-31(16-14-30,38-20-30)24-8-10-26(37-2)11-9-24/h3-5,8-11,18,22H,1,6-7,12-17,19-20H2,2H3. The lowest BCUT2D eigenvalue weighted by Crippen LogP contribution is -2.54. The van der Waals surface area contributed by atoms with E-state index >= 15 is 0 Å². The molecule has 0 radical (unpaired) electrons. The molecule has 2 aliphatic carbocycles. The van der Waals surface area contributed by atoms with Gasteiger partial charge in [0.05, 0.1) is 26.0 Å². The van der Waals surface area contributed by atoms with Gasteiger partial charge in [-0.1, -0.05) is 29.9 Å². The molecule has 0 N–H and O–H groups in total. The first-order valence-corrected chi connectivity index (χ1v) is 13.7. The molecule has 3 heterocycles. The fourth-order valence-electron chi connectivity index (χ4n) is 5.93. The minimum absolute atomic E-state index is 0.00745. The molecule has 4 aliphatic rings. The highest BCUT2D eigenvalue weighted by molar-refractivity contribution is 6.05. The second-order valence-corrected chi connectivity index (χ2v) is 11.2. The number of methoxy groups -OCH3 is 1. The molecule has 0 unspecified atom stereocenters. The van der Waals surface area contributed by atoms with Crippen molar-refractivity contribution < 1.29 is 23.2 Å². The first kappa shape index (κ1) is 25.7. The predicted molar refractivity (Wildman–Crippen MR) is 145 cm³/mol. The van der Waals surface area contributed by atoms with Gasteiger partial charge in [-0.2, -0.15) is 4.98 Å². The number of nitrogens with zero attached hydrogens (tertiary/aromatic N) is 3. The third kappa shape index (κ3) is 4.98. The summed E-state index contributed by atoms with van der Waals surface area (Å²) < 4.78 is 30.6. The Morgan fingerprint density at radius 2 is 1.92 bits per heavy atom. The quantitative estimate of drug-likeness (QED) is 0.284. The van der Waals surface area contributed by atoms with Gasteiger partial charge in [-0.05, 0) is 74.4 Å². The topological polar surface area (TPSA) is 77.7 Å². The van der Waals surface area contributed by atoms with Gasteiger partial charge >= 0.3 is 0 Å². The molecule has 0 atom stereocenters. The number of fused-ring (bicyclic) bond motifs is 3. The summed E-state index contributed by atoms with van der Waals surface area (Å²) in [6.07, 6.45) is 5.77. The van der Waals surface area contributed by atoms with Crippen molar-refractivity contribution in [3.8, 4) is 17.2 Å².